The molecule has 7 atom stereocenters. The molecule has 7 heterocycles. The minimum Gasteiger partial charge on any atom is -0.394 e. The Morgan fingerprint density at radius 3 is 2.45 bits per heavy atom. The summed E-state index contributed by atoms with van der Waals surface area (Å²) in [5, 5.41) is 12.7. The lowest BCUT2D eigenvalue weighted by Gasteiger charge is -2.26. The van der Waals surface area contributed by atoms with Crippen LogP contribution >= 0.6 is 37.8 Å². The van der Waals surface area contributed by atoms with Crippen LogP contribution in [0.3, 0.4) is 0 Å². The number of nitrogens with two attached hydrogens (primary N) is 2. The Morgan fingerprint density at radius 2 is 1.65 bits per heavy atom. The summed E-state index contributed by atoms with van der Waals surface area (Å²) < 4.78 is 61.6. The zero-order valence-electron chi connectivity index (χ0n) is 37.5. The molecule has 0 saturated carbocycles. The SMILES string of the molecule is CN1/C(=C/c2cc[n+](CCCCCCCSP(=O)(OC[C@H]3O[C@@H](n4cnc5c(N)ncnc54)C[C@@H]3OP(=O)(O)O)O[C@H]3C[C@H](n4ccc(N)nc4=O)O[C@@H]3CO)c3ccccc23)Sc2ccccc21. The van der Waals surface area contributed by atoms with E-state index in [9.17, 15) is 28.8 Å². The molecule has 0 spiro atoms. The number of nitrogen functional groups attached to an aromatic ring is 2. The highest BCUT2D eigenvalue weighted by Gasteiger charge is 2.46. The van der Waals surface area contributed by atoms with Gasteiger partial charge in [-0.15, -0.1) is 0 Å². The van der Waals surface area contributed by atoms with Gasteiger partial charge in [0.05, 0.1) is 35.6 Å². The Balaban J connectivity index is 0.834. The van der Waals surface area contributed by atoms with Crippen LogP contribution in [-0.2, 0) is 38.7 Å². The number of benzene rings is 2. The van der Waals surface area contributed by atoms with Crippen LogP contribution in [0, 0.1) is 0 Å². The van der Waals surface area contributed by atoms with E-state index in [1.165, 1.54) is 55.1 Å². The number of thioether (sulfide) groups is 1. The molecule has 21 nitrogen and oxygen atoms in total. The molecular weight excluding hydrogens is 971 g/mol. The van der Waals surface area contributed by atoms with Gasteiger partial charge in [0.15, 0.2) is 17.7 Å². The van der Waals surface area contributed by atoms with Gasteiger partial charge in [0.2, 0.25) is 5.52 Å². The minimum atomic E-state index is -5.04. The maximum atomic E-state index is 14.8. The predicted molar refractivity (Wildman–Crippen MR) is 260 cm³/mol. The third kappa shape index (κ3) is 11.4. The van der Waals surface area contributed by atoms with Crippen LogP contribution in [0.4, 0.5) is 17.3 Å². The van der Waals surface area contributed by atoms with Gasteiger partial charge >= 0.3 is 20.3 Å². The largest absolute Gasteiger partial charge is 0.469 e. The van der Waals surface area contributed by atoms with E-state index in [2.05, 4.69) is 103 Å². The number of anilines is 3. The average Bonchev–Trinajstić information content (AvgIpc) is 4.11. The number of para-hydroxylation sites is 2. The number of imidazole rings is 1. The van der Waals surface area contributed by atoms with Gasteiger partial charge in [-0.25, -0.2) is 28.9 Å². The van der Waals surface area contributed by atoms with E-state index in [4.69, 9.17) is 34.5 Å². The van der Waals surface area contributed by atoms with E-state index in [0.29, 0.717) is 23.3 Å². The molecule has 9 rings (SSSR count). The molecule has 366 valence electrons. The number of aliphatic hydroxyl groups is 1. The Labute approximate surface area is 404 Å². The lowest BCUT2D eigenvalue weighted by molar-refractivity contribution is -0.671. The normalized spacial score (nSPS) is 23.1. The van der Waals surface area contributed by atoms with E-state index in [1.807, 2.05) is 0 Å². The van der Waals surface area contributed by atoms with Gasteiger partial charge in [-0.05, 0) is 60.1 Å². The fourth-order valence-corrected chi connectivity index (χ4v) is 14.0. The summed E-state index contributed by atoms with van der Waals surface area (Å²) in [5.41, 5.74) is 15.2. The van der Waals surface area contributed by atoms with Crippen molar-refractivity contribution in [2.45, 2.75) is 93.3 Å². The van der Waals surface area contributed by atoms with Crippen LogP contribution in [0.25, 0.3) is 28.1 Å². The number of hydrogen-bond donors (Lipinski definition) is 5. The second kappa shape index (κ2) is 21.3. The quantitative estimate of drug-likeness (QED) is 0.0325. The maximum absolute atomic E-state index is 14.8. The molecule has 69 heavy (non-hydrogen) atoms. The van der Waals surface area contributed by atoms with E-state index in [1.54, 1.807) is 11.8 Å². The number of phosphoric acid groups is 1. The number of unbranched alkanes of at least 4 members (excludes halogenated alkanes) is 4. The summed E-state index contributed by atoms with van der Waals surface area (Å²) in [7, 11) is -2.94. The minimum absolute atomic E-state index is 0.00818. The van der Waals surface area contributed by atoms with Crippen molar-refractivity contribution in [2.75, 3.05) is 42.4 Å². The van der Waals surface area contributed by atoms with Crippen LogP contribution < -0.4 is 26.6 Å². The van der Waals surface area contributed by atoms with Crippen molar-refractivity contribution in [3.8, 4) is 0 Å². The van der Waals surface area contributed by atoms with Crippen LogP contribution in [0.1, 0.15) is 63.0 Å². The molecule has 1 unspecified atom stereocenters. The van der Waals surface area contributed by atoms with Crippen molar-refractivity contribution in [1.29, 1.82) is 0 Å². The smallest absolute Gasteiger partial charge is 0.394 e. The van der Waals surface area contributed by atoms with Gasteiger partial charge in [-0.3, -0.25) is 22.7 Å². The topological polar surface area (TPSA) is 279 Å². The molecular formula is C44H53N10O11P2S2+. The molecule has 0 aliphatic carbocycles. The van der Waals surface area contributed by atoms with Crippen LogP contribution in [0.15, 0.2) is 100 Å². The number of rotatable bonds is 20. The molecule has 6 aromatic rings. The van der Waals surface area contributed by atoms with Gasteiger partial charge < -0.3 is 40.7 Å². The number of fused-ring (bicyclic) bond motifs is 3. The lowest BCUT2D eigenvalue weighted by atomic mass is 10.1. The molecule has 2 saturated heterocycles. The van der Waals surface area contributed by atoms with Gasteiger partial charge in [0.1, 0.15) is 61.1 Å². The highest BCUT2D eigenvalue weighted by Crippen LogP contribution is 2.63. The third-order valence-corrected chi connectivity index (χ3v) is 17.7. The van der Waals surface area contributed by atoms with E-state index >= 15 is 0 Å². The lowest BCUT2D eigenvalue weighted by Crippen LogP contribution is -2.34. The first-order chi connectivity index (χ1) is 33.3. The van der Waals surface area contributed by atoms with Crippen molar-refractivity contribution < 1.29 is 51.6 Å². The van der Waals surface area contributed by atoms with Crippen LogP contribution in [0.5, 0.6) is 0 Å². The summed E-state index contributed by atoms with van der Waals surface area (Å²) in [4.78, 5) is 52.1. The molecule has 2 fully saturated rings. The van der Waals surface area contributed by atoms with Crippen molar-refractivity contribution in [3.05, 3.63) is 107 Å². The van der Waals surface area contributed by atoms with E-state index < -0.39 is 70.4 Å². The summed E-state index contributed by atoms with van der Waals surface area (Å²) in [5.74, 6) is 0.525. The molecule has 0 amide bonds. The van der Waals surface area contributed by atoms with Crippen LogP contribution in [-0.4, -0.2) is 94.4 Å². The first kappa shape index (κ1) is 49.2. The molecule has 4 aromatic heterocycles. The summed E-state index contributed by atoms with van der Waals surface area (Å²) in [6, 6.07) is 20.5. The first-order valence-electron chi connectivity index (χ1n) is 22.4. The van der Waals surface area contributed by atoms with Gasteiger partial charge in [-0.1, -0.05) is 48.9 Å². The number of aliphatic hydroxyl groups excluding tert-OH is 1. The molecule has 25 heteroatoms. The number of ether oxygens (including phenoxy) is 2. The molecule has 3 aliphatic rings. The zero-order chi connectivity index (χ0) is 48.3. The van der Waals surface area contributed by atoms with Crippen molar-refractivity contribution >= 4 is 83.2 Å². The second-order valence-electron chi connectivity index (χ2n) is 16.8. The Bertz CT molecular complexity index is 3000. The fourth-order valence-electron chi connectivity index (χ4n) is 8.71. The Morgan fingerprint density at radius 1 is 0.913 bits per heavy atom. The summed E-state index contributed by atoms with van der Waals surface area (Å²) in [6.07, 6.45) is 6.63. The zero-order valence-corrected chi connectivity index (χ0v) is 40.9. The molecule has 3 aliphatic heterocycles. The Hall–Kier alpha value is -4.74. The monoisotopic (exact) mass is 1020 g/mol. The molecule has 7 N–H and O–H groups in total. The number of pyridine rings is 1. The maximum Gasteiger partial charge on any atom is 0.469 e. The highest BCUT2D eigenvalue weighted by molar-refractivity contribution is 8.55. The summed E-state index contributed by atoms with van der Waals surface area (Å²) in [6.45, 7) is -4.31. The summed E-state index contributed by atoms with van der Waals surface area (Å²) >= 11 is 2.74. The highest BCUT2D eigenvalue weighted by atomic mass is 32.7. The number of aromatic nitrogens is 7. The molecule has 0 radical (unpaired) electrons. The van der Waals surface area contributed by atoms with Gasteiger partial charge in [0, 0.05) is 55.3 Å². The van der Waals surface area contributed by atoms with Crippen molar-refractivity contribution in [2.24, 2.45) is 0 Å². The standard InChI is InChI=1S/C44H52N10O11P2S2/c1-51-31-13-7-8-14-36(31)69-40(51)21-28-15-18-52(30-12-6-5-11-29(28)30)17-9-3-2-4-10-20-68-67(60,65-32-22-38(62-34(32)24-55)53-19-16-37(45)50-44(53)56)61-25-35-33(64-66(57,58)59)23-39(63-35)54-27-49-41-42(46)47-26-48-43(41)54/h5-8,11-16,18-19,21,26-27,32-35,38-39,55H,2-4,9-10,17,20,22-25H2,1H3,(H5-,45,46,47,48,50,56,57,58,59)/p+1/t32-,33-,34+,35+,38+,39+,67?/m0/s1. The van der Waals surface area contributed by atoms with E-state index in [0.717, 1.165) is 54.7 Å². The number of hydrogen-bond acceptors (Lipinski definition) is 18. The van der Waals surface area contributed by atoms with Crippen molar-refractivity contribution in [1.82, 2.24) is 29.1 Å². The van der Waals surface area contributed by atoms with Gasteiger partial charge in [0.25, 0.3) is 0 Å². The predicted octanol–water partition coefficient (Wildman–Crippen LogP) is 6.17. The number of phosphoric ester groups is 1. The first-order valence-corrected chi connectivity index (χ1v) is 27.9. The number of aryl methyl sites for hydroxylation is 1. The van der Waals surface area contributed by atoms with Gasteiger partial charge in [-0.2, -0.15) is 9.55 Å². The molecule has 0 bridgehead atoms. The second-order valence-corrected chi connectivity index (χ2v) is 23.2. The number of nitrogens with zero attached hydrogens (tertiary/aromatic N) is 8. The third-order valence-electron chi connectivity index (χ3n) is 12.1. The van der Waals surface area contributed by atoms with Crippen LogP contribution in [0.2, 0.25) is 0 Å². The molecule has 2 aromatic carbocycles. The average molecular weight is 1020 g/mol. The Kier molecular flexibility index (Phi) is 15.2. The van der Waals surface area contributed by atoms with Crippen molar-refractivity contribution in [3.63, 3.8) is 0 Å². The fraction of sp³-hybridized carbons (Fsp3) is 0.409. The van der Waals surface area contributed by atoms with E-state index in [-0.39, 0.29) is 24.5 Å².